The van der Waals surface area contributed by atoms with Gasteiger partial charge in [0.05, 0.1) is 7.11 Å². The van der Waals surface area contributed by atoms with E-state index in [1.807, 2.05) is 29.2 Å². The van der Waals surface area contributed by atoms with E-state index in [0.29, 0.717) is 17.8 Å². The molecule has 6 heteroatoms. The Hall–Kier alpha value is -2.89. The first-order valence-corrected chi connectivity index (χ1v) is 10.3. The molecule has 1 saturated heterocycles. The maximum absolute atomic E-state index is 12.9. The number of aromatic nitrogens is 1. The van der Waals surface area contributed by atoms with E-state index in [9.17, 15) is 9.59 Å². The first kappa shape index (κ1) is 20.8. The number of hydrogen-bond acceptors (Lipinski definition) is 4. The first-order valence-electron chi connectivity index (χ1n) is 10.3. The van der Waals surface area contributed by atoms with Gasteiger partial charge in [-0.15, -0.1) is 0 Å². The summed E-state index contributed by atoms with van der Waals surface area (Å²) in [6.45, 7) is 3.38. The van der Waals surface area contributed by atoms with Gasteiger partial charge < -0.3 is 15.0 Å². The number of nitrogens with one attached hydrogen (secondary N) is 1. The summed E-state index contributed by atoms with van der Waals surface area (Å²) in [6.07, 6.45) is 6.42. The van der Waals surface area contributed by atoms with Gasteiger partial charge in [0, 0.05) is 30.9 Å². The number of methoxy groups -OCH3 is 1. The summed E-state index contributed by atoms with van der Waals surface area (Å²) in [5.74, 6) is 0.538. The number of nitrogens with zero attached hydrogens (tertiary/aromatic N) is 2. The minimum absolute atomic E-state index is 0.0792. The molecule has 29 heavy (non-hydrogen) atoms. The zero-order chi connectivity index (χ0) is 20.6. The molecule has 1 fully saturated rings. The predicted octanol–water partition coefficient (Wildman–Crippen LogP) is 3.47. The number of hydrogen-bond donors (Lipinski definition) is 1. The SMILES string of the molecule is CCC1CCCCN1C(=O)c1cc(C(=O)NCCc2ccc(OC)cc2)ccn1. The lowest BCUT2D eigenvalue weighted by Crippen LogP contribution is -2.43. The molecule has 2 heterocycles. The first-order chi connectivity index (χ1) is 14.1. The van der Waals surface area contributed by atoms with E-state index in [1.54, 1.807) is 19.2 Å². The lowest BCUT2D eigenvalue weighted by Gasteiger charge is -2.35. The lowest BCUT2D eigenvalue weighted by atomic mass is 9.99. The molecule has 1 atom stereocenters. The second-order valence-electron chi connectivity index (χ2n) is 7.34. The van der Waals surface area contributed by atoms with E-state index < -0.39 is 0 Å². The van der Waals surface area contributed by atoms with Gasteiger partial charge in [0.15, 0.2) is 0 Å². The van der Waals surface area contributed by atoms with Gasteiger partial charge in [0.2, 0.25) is 0 Å². The summed E-state index contributed by atoms with van der Waals surface area (Å²) >= 11 is 0. The van der Waals surface area contributed by atoms with Crippen molar-refractivity contribution in [1.82, 2.24) is 15.2 Å². The molecule has 3 rings (SSSR count). The summed E-state index contributed by atoms with van der Waals surface area (Å²) in [5, 5.41) is 2.92. The van der Waals surface area contributed by atoms with Crippen molar-refractivity contribution in [2.45, 2.75) is 45.1 Å². The molecule has 0 radical (unpaired) electrons. The quantitative estimate of drug-likeness (QED) is 0.779. The highest BCUT2D eigenvalue weighted by atomic mass is 16.5. The molecule has 0 bridgehead atoms. The molecular formula is C23H29N3O3. The fraction of sp³-hybridized carbons (Fsp3) is 0.435. The summed E-state index contributed by atoms with van der Waals surface area (Å²) in [5.41, 5.74) is 1.92. The van der Waals surface area contributed by atoms with Crippen LogP contribution in [0.1, 0.15) is 59.0 Å². The van der Waals surface area contributed by atoms with Crippen molar-refractivity contribution in [3.63, 3.8) is 0 Å². The summed E-state index contributed by atoms with van der Waals surface area (Å²) in [4.78, 5) is 31.6. The van der Waals surface area contributed by atoms with Crippen LogP contribution in [-0.4, -0.2) is 47.9 Å². The molecule has 2 aromatic rings. The number of ether oxygens (including phenoxy) is 1. The Kier molecular flexibility index (Phi) is 7.22. The standard InChI is InChI=1S/C23H29N3O3/c1-3-19-6-4-5-15-26(19)23(28)21-16-18(12-14-24-21)22(27)25-13-11-17-7-9-20(29-2)10-8-17/h7-10,12,14,16,19H,3-6,11,13,15H2,1-2H3,(H,25,27). The maximum atomic E-state index is 12.9. The Morgan fingerprint density at radius 3 is 2.72 bits per heavy atom. The van der Waals surface area contributed by atoms with Crippen LogP contribution >= 0.6 is 0 Å². The minimum atomic E-state index is -0.194. The average molecular weight is 396 g/mol. The van der Waals surface area contributed by atoms with Crippen molar-refractivity contribution >= 4 is 11.8 Å². The zero-order valence-corrected chi connectivity index (χ0v) is 17.2. The molecule has 1 aromatic carbocycles. The van der Waals surface area contributed by atoms with E-state index in [0.717, 1.165) is 50.0 Å². The number of pyridine rings is 1. The number of carbonyl (C=O) groups excluding carboxylic acids is 2. The molecule has 1 N–H and O–H groups in total. The van der Waals surface area contributed by atoms with Crippen LogP contribution < -0.4 is 10.1 Å². The van der Waals surface area contributed by atoms with Gasteiger partial charge in [0.1, 0.15) is 11.4 Å². The van der Waals surface area contributed by atoms with Crippen LogP contribution in [0.3, 0.4) is 0 Å². The zero-order valence-electron chi connectivity index (χ0n) is 17.2. The van der Waals surface area contributed by atoms with Crippen molar-refractivity contribution in [2.75, 3.05) is 20.2 Å². The molecule has 0 spiro atoms. The van der Waals surface area contributed by atoms with Crippen molar-refractivity contribution < 1.29 is 14.3 Å². The summed E-state index contributed by atoms with van der Waals surface area (Å²) in [7, 11) is 1.64. The van der Waals surface area contributed by atoms with Gasteiger partial charge in [-0.1, -0.05) is 19.1 Å². The molecule has 1 aliphatic heterocycles. The minimum Gasteiger partial charge on any atom is -0.497 e. The summed E-state index contributed by atoms with van der Waals surface area (Å²) < 4.78 is 5.15. The largest absolute Gasteiger partial charge is 0.497 e. The van der Waals surface area contributed by atoms with Crippen LogP contribution in [0.5, 0.6) is 5.75 Å². The number of amides is 2. The van der Waals surface area contributed by atoms with Crippen molar-refractivity contribution in [3.8, 4) is 5.75 Å². The molecule has 0 aliphatic carbocycles. The number of piperidine rings is 1. The van der Waals surface area contributed by atoms with Crippen LogP contribution in [0.15, 0.2) is 42.6 Å². The third-order valence-electron chi connectivity index (χ3n) is 5.46. The van der Waals surface area contributed by atoms with Crippen molar-refractivity contribution in [3.05, 3.63) is 59.4 Å². The van der Waals surface area contributed by atoms with Crippen LogP contribution in [0.2, 0.25) is 0 Å². The van der Waals surface area contributed by atoms with Gasteiger partial charge in [-0.2, -0.15) is 0 Å². The molecule has 1 aromatic heterocycles. The molecule has 6 nitrogen and oxygen atoms in total. The van der Waals surface area contributed by atoms with Gasteiger partial charge in [0.25, 0.3) is 11.8 Å². The van der Waals surface area contributed by atoms with E-state index in [4.69, 9.17) is 4.74 Å². The van der Waals surface area contributed by atoms with E-state index >= 15 is 0 Å². The Labute approximate surface area is 172 Å². The van der Waals surface area contributed by atoms with Gasteiger partial charge in [-0.3, -0.25) is 14.6 Å². The normalized spacial score (nSPS) is 16.3. The Balaban J connectivity index is 1.59. The van der Waals surface area contributed by atoms with Crippen LogP contribution in [-0.2, 0) is 6.42 Å². The van der Waals surface area contributed by atoms with E-state index in [2.05, 4.69) is 17.2 Å². The number of carbonyl (C=O) groups is 2. The van der Waals surface area contributed by atoms with Crippen LogP contribution in [0.25, 0.3) is 0 Å². The number of likely N-dealkylation sites (tertiary alicyclic amines) is 1. The highest BCUT2D eigenvalue weighted by molar-refractivity contribution is 5.98. The molecule has 0 saturated carbocycles. The van der Waals surface area contributed by atoms with E-state index in [1.165, 1.54) is 6.20 Å². The monoisotopic (exact) mass is 395 g/mol. The van der Waals surface area contributed by atoms with E-state index in [-0.39, 0.29) is 17.9 Å². The average Bonchev–Trinajstić information content (AvgIpc) is 2.79. The second-order valence-corrected chi connectivity index (χ2v) is 7.34. The topological polar surface area (TPSA) is 71.5 Å². The van der Waals surface area contributed by atoms with Gasteiger partial charge in [-0.25, -0.2) is 0 Å². The Morgan fingerprint density at radius 2 is 2.00 bits per heavy atom. The van der Waals surface area contributed by atoms with Gasteiger partial charge in [-0.05, 0) is 61.9 Å². The highest BCUT2D eigenvalue weighted by Crippen LogP contribution is 2.21. The molecule has 2 amide bonds. The fourth-order valence-corrected chi connectivity index (χ4v) is 3.74. The third kappa shape index (κ3) is 5.34. The third-order valence-corrected chi connectivity index (χ3v) is 5.46. The second kappa shape index (κ2) is 10.0. The Morgan fingerprint density at radius 1 is 1.21 bits per heavy atom. The summed E-state index contributed by atoms with van der Waals surface area (Å²) in [6, 6.07) is 11.3. The maximum Gasteiger partial charge on any atom is 0.272 e. The van der Waals surface area contributed by atoms with Crippen molar-refractivity contribution in [1.29, 1.82) is 0 Å². The molecule has 1 unspecified atom stereocenters. The predicted molar refractivity (Wildman–Crippen MR) is 112 cm³/mol. The molecule has 1 aliphatic rings. The van der Waals surface area contributed by atoms with Gasteiger partial charge >= 0.3 is 0 Å². The smallest absolute Gasteiger partial charge is 0.272 e. The van der Waals surface area contributed by atoms with Crippen LogP contribution in [0.4, 0.5) is 0 Å². The number of benzene rings is 1. The molecule has 154 valence electrons. The number of rotatable bonds is 7. The lowest BCUT2D eigenvalue weighted by molar-refractivity contribution is 0.0602. The highest BCUT2D eigenvalue weighted by Gasteiger charge is 2.27. The van der Waals surface area contributed by atoms with Crippen LogP contribution in [0, 0.1) is 0 Å². The Bertz CT molecular complexity index is 836. The fourth-order valence-electron chi connectivity index (χ4n) is 3.74. The molecular weight excluding hydrogens is 366 g/mol. The van der Waals surface area contributed by atoms with Crippen molar-refractivity contribution in [2.24, 2.45) is 0 Å².